The average molecular weight is 488 g/mol. The van der Waals surface area contributed by atoms with Crippen molar-refractivity contribution in [3.8, 4) is 17.6 Å². The number of fused-ring (bicyclic) bond motifs is 3. The lowest BCUT2D eigenvalue weighted by molar-refractivity contribution is 0.432. The van der Waals surface area contributed by atoms with Crippen molar-refractivity contribution in [2.45, 2.75) is 6.92 Å². The van der Waals surface area contributed by atoms with Crippen molar-refractivity contribution in [1.29, 1.82) is 5.26 Å². The fourth-order valence-corrected chi connectivity index (χ4v) is 4.19. The number of para-hydroxylation sites is 2. The lowest BCUT2D eigenvalue weighted by Crippen LogP contribution is -2.34. The first-order valence-electron chi connectivity index (χ1n) is 9.56. The molecule has 0 saturated carbocycles. The number of pyridine rings is 1. The molecular weight excluding hydrogens is 474 g/mol. The van der Waals surface area contributed by atoms with Gasteiger partial charge in [0.1, 0.15) is 11.6 Å². The number of hydrogen-bond donors (Lipinski definition) is 2. The summed E-state index contributed by atoms with van der Waals surface area (Å²) in [6, 6.07) is 16.2. The highest BCUT2D eigenvalue weighted by Gasteiger charge is 2.18. The third kappa shape index (κ3) is 2.85. The Morgan fingerprint density at radius 2 is 1.97 bits per heavy atom. The van der Waals surface area contributed by atoms with E-state index in [1.165, 1.54) is 15.2 Å². The molecule has 0 spiro atoms. The SMILES string of the molecule is Cc1c(C#N)c2nc3ccccc3n2c(=O)c1=Cc1c(O)n(-c2cccc(Br)c2)[nH]c1=O. The van der Waals surface area contributed by atoms with Crippen molar-refractivity contribution in [1.82, 2.24) is 19.2 Å². The number of halogens is 1. The minimum atomic E-state index is -0.574. The smallest absolute Gasteiger partial charge is 0.275 e. The second kappa shape index (κ2) is 7.21. The van der Waals surface area contributed by atoms with E-state index in [0.717, 1.165) is 4.47 Å². The summed E-state index contributed by atoms with van der Waals surface area (Å²) in [5.41, 5.74) is 1.46. The van der Waals surface area contributed by atoms with Gasteiger partial charge in [-0.1, -0.05) is 34.1 Å². The highest BCUT2D eigenvalue weighted by molar-refractivity contribution is 9.10. The molecule has 0 aliphatic rings. The van der Waals surface area contributed by atoms with Crippen LogP contribution in [-0.4, -0.2) is 24.3 Å². The number of nitriles is 1. The molecule has 0 fully saturated rings. The molecule has 0 aliphatic carbocycles. The van der Waals surface area contributed by atoms with E-state index in [9.17, 15) is 20.0 Å². The molecule has 5 rings (SSSR count). The molecule has 8 nitrogen and oxygen atoms in total. The van der Waals surface area contributed by atoms with Crippen LogP contribution in [0.15, 0.2) is 62.6 Å². The van der Waals surface area contributed by atoms with Gasteiger partial charge >= 0.3 is 0 Å². The van der Waals surface area contributed by atoms with Gasteiger partial charge in [-0.15, -0.1) is 0 Å². The van der Waals surface area contributed by atoms with Gasteiger partial charge < -0.3 is 5.11 Å². The first-order chi connectivity index (χ1) is 15.4. The molecule has 0 aliphatic heterocycles. The van der Waals surface area contributed by atoms with Crippen LogP contribution in [0.3, 0.4) is 0 Å². The zero-order valence-corrected chi connectivity index (χ0v) is 18.2. The number of rotatable bonds is 2. The second-order valence-corrected chi connectivity index (χ2v) is 8.14. The summed E-state index contributed by atoms with van der Waals surface area (Å²) < 4.78 is 3.36. The van der Waals surface area contributed by atoms with E-state index in [2.05, 4.69) is 32.1 Å². The third-order valence-corrected chi connectivity index (χ3v) is 5.87. The van der Waals surface area contributed by atoms with Crippen LogP contribution in [0, 0.1) is 18.3 Å². The number of aromatic nitrogens is 4. The normalized spacial score (nSPS) is 12.0. The first kappa shape index (κ1) is 19.8. The summed E-state index contributed by atoms with van der Waals surface area (Å²) in [5, 5.41) is 23.2. The molecular formula is C23H14BrN5O3. The van der Waals surface area contributed by atoms with Crippen LogP contribution in [0.1, 0.15) is 16.7 Å². The molecule has 5 aromatic rings. The lowest BCUT2D eigenvalue weighted by Gasteiger charge is -2.05. The summed E-state index contributed by atoms with van der Waals surface area (Å²) >= 11 is 3.36. The van der Waals surface area contributed by atoms with Gasteiger partial charge in [-0.3, -0.25) is 19.1 Å². The molecule has 0 atom stereocenters. The summed E-state index contributed by atoms with van der Waals surface area (Å²) in [4.78, 5) is 30.5. The van der Waals surface area contributed by atoms with Crippen molar-refractivity contribution in [3.05, 3.63) is 95.6 Å². The standard InChI is InChI=1S/C23H14BrN5O3/c1-12-15(10-16-21(30)27-29(23(16)32)14-6-4-5-13(24)9-14)22(31)28-19-8-3-2-7-18(19)26-20(28)17(12)11-25/h2-10,32H,1H3,(H,27,30). The van der Waals surface area contributed by atoms with Gasteiger partial charge in [0.2, 0.25) is 5.88 Å². The Morgan fingerprint density at radius 1 is 1.19 bits per heavy atom. The molecule has 0 bridgehead atoms. The van der Waals surface area contributed by atoms with Gasteiger partial charge in [0, 0.05) is 9.69 Å². The summed E-state index contributed by atoms with van der Waals surface area (Å²) in [6.45, 7) is 1.63. The Balaban J connectivity index is 1.86. The molecule has 2 aromatic carbocycles. The molecule has 0 amide bonds. The lowest BCUT2D eigenvalue weighted by atomic mass is 10.1. The van der Waals surface area contributed by atoms with E-state index in [1.54, 1.807) is 49.4 Å². The zero-order valence-electron chi connectivity index (χ0n) is 16.6. The second-order valence-electron chi connectivity index (χ2n) is 7.23. The Morgan fingerprint density at radius 3 is 2.72 bits per heavy atom. The Kier molecular flexibility index (Phi) is 4.46. The predicted octanol–water partition coefficient (Wildman–Crippen LogP) is 2.52. The number of benzene rings is 2. The molecule has 32 heavy (non-hydrogen) atoms. The van der Waals surface area contributed by atoms with Crippen LogP contribution in [-0.2, 0) is 0 Å². The molecule has 2 N–H and O–H groups in total. The Hall–Kier alpha value is -4.16. The molecule has 3 aromatic heterocycles. The van der Waals surface area contributed by atoms with Crippen molar-refractivity contribution in [2.75, 3.05) is 0 Å². The predicted molar refractivity (Wildman–Crippen MR) is 123 cm³/mol. The first-order valence-corrected chi connectivity index (χ1v) is 10.4. The molecule has 3 heterocycles. The number of hydrogen-bond acceptors (Lipinski definition) is 5. The number of nitrogens with zero attached hydrogens (tertiary/aromatic N) is 4. The molecule has 156 valence electrons. The fraction of sp³-hybridized carbons (Fsp3) is 0.0435. The van der Waals surface area contributed by atoms with E-state index >= 15 is 0 Å². The largest absolute Gasteiger partial charge is 0.493 e. The highest BCUT2D eigenvalue weighted by Crippen LogP contribution is 2.22. The van der Waals surface area contributed by atoms with E-state index in [0.29, 0.717) is 22.3 Å². The number of aromatic hydroxyl groups is 1. The van der Waals surface area contributed by atoms with Gasteiger partial charge in [0.25, 0.3) is 11.1 Å². The van der Waals surface area contributed by atoms with Gasteiger partial charge in [-0.25, -0.2) is 9.67 Å². The van der Waals surface area contributed by atoms with Crippen molar-refractivity contribution in [3.63, 3.8) is 0 Å². The van der Waals surface area contributed by atoms with Gasteiger partial charge in [-0.05, 0) is 48.9 Å². The fourth-order valence-electron chi connectivity index (χ4n) is 3.80. The van der Waals surface area contributed by atoms with Gasteiger partial charge in [0.15, 0.2) is 5.65 Å². The number of aromatic amines is 1. The quantitative estimate of drug-likeness (QED) is 0.396. The van der Waals surface area contributed by atoms with E-state index in [1.807, 2.05) is 6.07 Å². The van der Waals surface area contributed by atoms with E-state index < -0.39 is 11.1 Å². The van der Waals surface area contributed by atoms with Crippen LogP contribution in [0.2, 0.25) is 0 Å². The van der Waals surface area contributed by atoms with Gasteiger partial charge in [0.05, 0.1) is 22.3 Å². The summed E-state index contributed by atoms with van der Waals surface area (Å²) in [5.74, 6) is -0.346. The van der Waals surface area contributed by atoms with Crippen LogP contribution >= 0.6 is 15.9 Å². The zero-order chi connectivity index (χ0) is 22.6. The summed E-state index contributed by atoms with van der Waals surface area (Å²) in [7, 11) is 0. The maximum Gasteiger partial charge on any atom is 0.275 e. The maximum absolute atomic E-state index is 13.4. The topological polar surface area (TPSA) is 116 Å². The van der Waals surface area contributed by atoms with E-state index in [4.69, 9.17) is 0 Å². The van der Waals surface area contributed by atoms with Gasteiger partial charge in [-0.2, -0.15) is 5.26 Å². The molecule has 0 radical (unpaired) electrons. The molecule has 0 unspecified atom stereocenters. The van der Waals surface area contributed by atoms with Crippen LogP contribution in [0.4, 0.5) is 0 Å². The van der Waals surface area contributed by atoms with Crippen LogP contribution in [0.25, 0.3) is 28.4 Å². The maximum atomic E-state index is 13.4. The minimum Gasteiger partial charge on any atom is -0.493 e. The van der Waals surface area contributed by atoms with Crippen LogP contribution in [0.5, 0.6) is 5.88 Å². The van der Waals surface area contributed by atoms with Crippen molar-refractivity contribution in [2.24, 2.45) is 0 Å². The minimum absolute atomic E-state index is 0.0853. The summed E-state index contributed by atoms with van der Waals surface area (Å²) in [6.07, 6.45) is 1.31. The molecule has 9 heteroatoms. The highest BCUT2D eigenvalue weighted by atomic mass is 79.9. The van der Waals surface area contributed by atoms with Crippen LogP contribution < -0.4 is 16.3 Å². The third-order valence-electron chi connectivity index (χ3n) is 5.37. The number of nitrogens with one attached hydrogen (secondary N) is 1. The van der Waals surface area contributed by atoms with Crippen molar-refractivity contribution >= 4 is 38.7 Å². The Bertz CT molecular complexity index is 1770. The molecule has 0 saturated heterocycles. The number of H-pyrrole nitrogens is 1. The van der Waals surface area contributed by atoms with Crippen molar-refractivity contribution < 1.29 is 5.11 Å². The monoisotopic (exact) mass is 487 g/mol. The average Bonchev–Trinajstić information content (AvgIpc) is 3.29. The van der Waals surface area contributed by atoms with E-state index in [-0.39, 0.29) is 27.9 Å². The number of imidazole rings is 1. The Labute approximate surface area is 188 Å².